The lowest BCUT2D eigenvalue weighted by Crippen LogP contribution is -2.10. The van der Waals surface area contributed by atoms with E-state index in [0.717, 1.165) is 35.4 Å². The van der Waals surface area contributed by atoms with E-state index in [1.807, 2.05) is 30.3 Å². The Bertz CT molecular complexity index is 844. The zero-order chi connectivity index (χ0) is 19.2. The average Bonchev–Trinajstić information content (AvgIpc) is 3.21. The first-order chi connectivity index (χ1) is 13.1. The van der Waals surface area contributed by atoms with Crippen LogP contribution in [0.25, 0.3) is 17.0 Å². The number of nitrogens with one attached hydrogen (secondary N) is 2. The summed E-state index contributed by atoms with van der Waals surface area (Å²) in [7, 11) is 0. The first-order valence-electron chi connectivity index (χ1n) is 9.92. The summed E-state index contributed by atoms with van der Waals surface area (Å²) in [5, 5.41) is 10.7. The van der Waals surface area contributed by atoms with Crippen LogP contribution in [-0.4, -0.2) is 25.7 Å². The molecule has 6 heteroatoms. The van der Waals surface area contributed by atoms with Crippen LogP contribution in [0, 0.1) is 0 Å². The van der Waals surface area contributed by atoms with Crippen molar-refractivity contribution in [3.05, 3.63) is 36.0 Å². The van der Waals surface area contributed by atoms with E-state index in [9.17, 15) is 4.79 Å². The Balaban J connectivity index is 1.56. The van der Waals surface area contributed by atoms with E-state index < -0.39 is 0 Å². The summed E-state index contributed by atoms with van der Waals surface area (Å²) >= 11 is 0. The molecule has 3 rings (SSSR count). The van der Waals surface area contributed by atoms with Crippen LogP contribution in [-0.2, 0) is 4.79 Å². The Morgan fingerprint density at radius 1 is 1.15 bits per heavy atom. The third-order valence-electron chi connectivity index (χ3n) is 4.71. The van der Waals surface area contributed by atoms with Gasteiger partial charge in [-0.15, -0.1) is 5.10 Å². The summed E-state index contributed by atoms with van der Waals surface area (Å²) < 4.78 is 1.71. The highest BCUT2D eigenvalue weighted by molar-refractivity contribution is 5.90. The average molecular weight is 367 g/mol. The topological polar surface area (TPSA) is 75.1 Å². The van der Waals surface area contributed by atoms with Crippen LogP contribution in [0.15, 0.2) is 30.3 Å². The Kier molecular flexibility index (Phi) is 6.27. The molecule has 27 heavy (non-hydrogen) atoms. The van der Waals surface area contributed by atoms with Gasteiger partial charge in [-0.1, -0.05) is 46.5 Å². The molecule has 0 spiro atoms. The monoisotopic (exact) mass is 367 g/mol. The second-order valence-electron chi connectivity index (χ2n) is 7.36. The van der Waals surface area contributed by atoms with Crippen molar-refractivity contribution in [1.82, 2.24) is 19.8 Å². The molecule has 2 heterocycles. The van der Waals surface area contributed by atoms with Crippen molar-refractivity contribution in [2.24, 2.45) is 0 Å². The van der Waals surface area contributed by atoms with Crippen molar-refractivity contribution < 1.29 is 4.79 Å². The van der Waals surface area contributed by atoms with Crippen LogP contribution >= 0.6 is 0 Å². The molecule has 0 atom stereocenters. The van der Waals surface area contributed by atoms with Gasteiger partial charge in [0.2, 0.25) is 5.91 Å². The molecule has 0 bridgehead atoms. The van der Waals surface area contributed by atoms with Crippen molar-refractivity contribution >= 4 is 17.2 Å². The van der Waals surface area contributed by atoms with Crippen LogP contribution in [0.4, 0.5) is 5.69 Å². The largest absolute Gasteiger partial charge is 0.326 e. The molecule has 0 unspecified atom stereocenters. The first kappa shape index (κ1) is 19.1. The number of hydrogen-bond acceptors (Lipinski definition) is 3. The number of nitrogens with zero attached hydrogens (tertiary/aromatic N) is 3. The molecule has 0 saturated carbocycles. The van der Waals surface area contributed by atoms with Gasteiger partial charge in [-0.05, 0) is 36.6 Å². The fourth-order valence-corrected chi connectivity index (χ4v) is 3.03. The first-order valence-corrected chi connectivity index (χ1v) is 9.92. The highest BCUT2D eigenvalue weighted by Gasteiger charge is 2.11. The molecule has 6 nitrogen and oxygen atoms in total. The number of amides is 1. The normalized spacial score (nSPS) is 11.4. The number of anilines is 1. The molecule has 2 N–H and O–H groups in total. The van der Waals surface area contributed by atoms with Gasteiger partial charge in [0.25, 0.3) is 0 Å². The standard InChI is InChI=1S/C21H29N5O/c1-4-5-6-7-8-9-20(27)22-17-12-10-16(11-13-17)21-23-19-14-18(15(2)3)24-26(19)25-21/h10-15,24H,4-9H2,1-3H3,(H,22,27). The fraction of sp³-hybridized carbons (Fsp3) is 0.476. The Morgan fingerprint density at radius 2 is 1.89 bits per heavy atom. The van der Waals surface area contributed by atoms with Gasteiger partial charge in [0.05, 0.1) is 0 Å². The van der Waals surface area contributed by atoms with Crippen LogP contribution in [0.2, 0.25) is 0 Å². The molecule has 0 aliphatic carbocycles. The summed E-state index contributed by atoms with van der Waals surface area (Å²) in [6, 6.07) is 9.71. The Labute approximate surface area is 160 Å². The minimum Gasteiger partial charge on any atom is -0.326 e. The van der Waals surface area contributed by atoms with E-state index in [4.69, 9.17) is 0 Å². The van der Waals surface area contributed by atoms with Gasteiger partial charge in [-0.2, -0.15) is 4.63 Å². The van der Waals surface area contributed by atoms with Crippen molar-refractivity contribution in [3.8, 4) is 11.4 Å². The van der Waals surface area contributed by atoms with Gasteiger partial charge < -0.3 is 5.32 Å². The molecule has 2 aromatic heterocycles. The van der Waals surface area contributed by atoms with Gasteiger partial charge in [-0.25, -0.2) is 4.98 Å². The molecule has 0 radical (unpaired) electrons. The molecular weight excluding hydrogens is 338 g/mol. The number of H-pyrrole nitrogens is 1. The third kappa shape index (κ3) is 4.96. The lowest BCUT2D eigenvalue weighted by Gasteiger charge is -2.06. The van der Waals surface area contributed by atoms with E-state index in [2.05, 4.69) is 41.3 Å². The van der Waals surface area contributed by atoms with E-state index in [0.29, 0.717) is 18.2 Å². The molecular formula is C21H29N5O. The number of aromatic amines is 1. The maximum absolute atomic E-state index is 12.0. The highest BCUT2D eigenvalue weighted by atomic mass is 16.1. The number of hydrogen-bond donors (Lipinski definition) is 2. The highest BCUT2D eigenvalue weighted by Crippen LogP contribution is 2.21. The Hall–Kier alpha value is -2.63. The number of carbonyl (C=O) groups excluding carboxylic acids is 1. The maximum Gasteiger partial charge on any atom is 0.224 e. The molecule has 1 aromatic carbocycles. The molecule has 0 saturated heterocycles. The van der Waals surface area contributed by atoms with E-state index >= 15 is 0 Å². The van der Waals surface area contributed by atoms with Crippen molar-refractivity contribution in [2.45, 2.75) is 65.2 Å². The molecule has 144 valence electrons. The molecule has 0 aliphatic heterocycles. The molecule has 0 aliphatic rings. The summed E-state index contributed by atoms with van der Waals surface area (Å²) in [4.78, 5) is 16.6. The smallest absolute Gasteiger partial charge is 0.224 e. The summed E-state index contributed by atoms with van der Waals surface area (Å²) in [6.07, 6.45) is 6.33. The van der Waals surface area contributed by atoms with Gasteiger partial charge in [0.15, 0.2) is 11.5 Å². The zero-order valence-corrected chi connectivity index (χ0v) is 16.5. The summed E-state index contributed by atoms with van der Waals surface area (Å²) in [5.41, 5.74) is 3.67. The molecule has 1 amide bonds. The van der Waals surface area contributed by atoms with Crippen molar-refractivity contribution in [3.63, 3.8) is 0 Å². The van der Waals surface area contributed by atoms with Crippen LogP contribution in [0.5, 0.6) is 0 Å². The molecule has 0 fully saturated rings. The van der Waals surface area contributed by atoms with E-state index in [-0.39, 0.29) is 5.91 Å². The van der Waals surface area contributed by atoms with E-state index in [1.165, 1.54) is 19.3 Å². The maximum atomic E-state index is 12.0. The van der Waals surface area contributed by atoms with Gasteiger partial charge in [0, 0.05) is 29.4 Å². The zero-order valence-electron chi connectivity index (χ0n) is 16.5. The molecule has 3 aromatic rings. The number of aromatic nitrogens is 4. The third-order valence-corrected chi connectivity index (χ3v) is 4.71. The van der Waals surface area contributed by atoms with Crippen molar-refractivity contribution in [1.29, 1.82) is 0 Å². The number of benzene rings is 1. The van der Waals surface area contributed by atoms with Crippen LogP contribution < -0.4 is 5.32 Å². The fourth-order valence-electron chi connectivity index (χ4n) is 3.03. The number of unbranched alkanes of at least 4 members (excludes halogenated alkanes) is 4. The summed E-state index contributed by atoms with van der Waals surface area (Å²) in [6.45, 7) is 6.45. The second-order valence-corrected chi connectivity index (χ2v) is 7.36. The Morgan fingerprint density at radius 3 is 2.56 bits per heavy atom. The SMILES string of the molecule is CCCCCCCC(=O)Nc1ccc(-c2nc3cc(C(C)C)[nH]n3n2)cc1. The quantitative estimate of drug-likeness (QED) is 0.514. The lowest BCUT2D eigenvalue weighted by atomic mass is 10.1. The van der Waals surface area contributed by atoms with Crippen molar-refractivity contribution in [2.75, 3.05) is 5.32 Å². The predicted octanol–water partition coefficient (Wildman–Crippen LogP) is 5.15. The number of fused-ring (bicyclic) bond motifs is 1. The van der Waals surface area contributed by atoms with E-state index in [1.54, 1.807) is 4.63 Å². The van der Waals surface area contributed by atoms with Gasteiger partial charge in [0.1, 0.15) is 0 Å². The number of carbonyl (C=O) groups is 1. The lowest BCUT2D eigenvalue weighted by molar-refractivity contribution is -0.116. The predicted molar refractivity (Wildman–Crippen MR) is 109 cm³/mol. The minimum atomic E-state index is 0.0777. The van der Waals surface area contributed by atoms with Gasteiger partial charge in [-0.3, -0.25) is 9.89 Å². The van der Waals surface area contributed by atoms with Crippen LogP contribution in [0.3, 0.4) is 0 Å². The van der Waals surface area contributed by atoms with Gasteiger partial charge >= 0.3 is 0 Å². The minimum absolute atomic E-state index is 0.0777. The number of rotatable bonds is 9. The van der Waals surface area contributed by atoms with Crippen LogP contribution in [0.1, 0.15) is 70.9 Å². The second kappa shape index (κ2) is 8.84. The summed E-state index contributed by atoms with van der Waals surface area (Å²) in [5.74, 6) is 1.16.